The largest absolute Gasteiger partial charge is 0.378 e. The van der Waals surface area contributed by atoms with Gasteiger partial charge in [-0.15, -0.1) is 0 Å². The molecule has 0 bridgehead atoms. The minimum Gasteiger partial charge on any atom is -0.378 e. The van der Waals surface area contributed by atoms with Gasteiger partial charge in [-0.05, 0) is 25.3 Å². The second kappa shape index (κ2) is 8.67. The molecular formula is C21H29N5O. The van der Waals surface area contributed by atoms with Gasteiger partial charge in [0.05, 0.1) is 13.2 Å². The van der Waals surface area contributed by atoms with Crippen LogP contribution in [0.5, 0.6) is 0 Å². The Morgan fingerprint density at radius 2 is 1.81 bits per heavy atom. The molecule has 1 N–H and O–H groups in total. The van der Waals surface area contributed by atoms with E-state index < -0.39 is 0 Å². The van der Waals surface area contributed by atoms with E-state index in [2.05, 4.69) is 57.4 Å². The lowest BCUT2D eigenvalue weighted by Crippen LogP contribution is -2.39. The van der Waals surface area contributed by atoms with Crippen LogP contribution in [0.1, 0.15) is 24.0 Å². The first-order valence-electron chi connectivity index (χ1n) is 9.97. The van der Waals surface area contributed by atoms with Crippen LogP contribution in [0, 0.1) is 6.92 Å². The molecule has 2 aliphatic rings. The first-order chi connectivity index (χ1) is 13.3. The van der Waals surface area contributed by atoms with E-state index in [4.69, 9.17) is 9.72 Å². The Morgan fingerprint density at radius 3 is 2.56 bits per heavy atom. The molecule has 3 heterocycles. The molecule has 0 spiro atoms. The number of anilines is 2. The summed E-state index contributed by atoms with van der Waals surface area (Å²) in [5.74, 6) is 1.79. The average Bonchev–Trinajstić information content (AvgIpc) is 2.72. The SMILES string of the molecule is Cc1cnc(N2CCOCC2)nc1NC1CCN(Cc2ccccc2)CC1. The van der Waals surface area contributed by atoms with Crippen LogP contribution in [0.3, 0.4) is 0 Å². The van der Waals surface area contributed by atoms with Gasteiger partial charge in [-0.1, -0.05) is 30.3 Å². The predicted molar refractivity (Wildman–Crippen MR) is 108 cm³/mol. The maximum atomic E-state index is 5.43. The van der Waals surface area contributed by atoms with Crippen LogP contribution in [0.2, 0.25) is 0 Å². The van der Waals surface area contributed by atoms with Gasteiger partial charge in [0, 0.05) is 50.5 Å². The van der Waals surface area contributed by atoms with Crippen molar-refractivity contribution in [2.24, 2.45) is 0 Å². The van der Waals surface area contributed by atoms with Gasteiger partial charge in [0.1, 0.15) is 5.82 Å². The highest BCUT2D eigenvalue weighted by Crippen LogP contribution is 2.21. The van der Waals surface area contributed by atoms with Gasteiger partial charge in [-0.2, -0.15) is 4.98 Å². The predicted octanol–water partition coefficient (Wildman–Crippen LogP) is 2.70. The van der Waals surface area contributed by atoms with Crippen molar-refractivity contribution >= 4 is 11.8 Å². The van der Waals surface area contributed by atoms with Crippen molar-refractivity contribution in [1.29, 1.82) is 0 Å². The number of nitrogens with one attached hydrogen (secondary N) is 1. The molecule has 4 rings (SSSR count). The van der Waals surface area contributed by atoms with Crippen LogP contribution in [-0.4, -0.2) is 60.3 Å². The summed E-state index contributed by atoms with van der Waals surface area (Å²) in [7, 11) is 0. The quantitative estimate of drug-likeness (QED) is 0.877. The normalized spacial score (nSPS) is 19.2. The van der Waals surface area contributed by atoms with E-state index in [9.17, 15) is 0 Å². The molecule has 0 radical (unpaired) electrons. The van der Waals surface area contributed by atoms with Crippen LogP contribution in [0.15, 0.2) is 36.5 Å². The number of piperidine rings is 1. The summed E-state index contributed by atoms with van der Waals surface area (Å²) in [5, 5.41) is 3.68. The van der Waals surface area contributed by atoms with Crippen molar-refractivity contribution in [2.75, 3.05) is 49.6 Å². The van der Waals surface area contributed by atoms with E-state index in [1.54, 1.807) is 0 Å². The third-order valence-electron chi connectivity index (χ3n) is 5.43. The number of likely N-dealkylation sites (tertiary alicyclic amines) is 1. The molecule has 0 unspecified atom stereocenters. The van der Waals surface area contributed by atoms with Crippen LogP contribution in [0.4, 0.5) is 11.8 Å². The lowest BCUT2D eigenvalue weighted by atomic mass is 10.0. The van der Waals surface area contributed by atoms with Crippen molar-refractivity contribution in [1.82, 2.24) is 14.9 Å². The number of morpholine rings is 1. The Labute approximate surface area is 161 Å². The van der Waals surface area contributed by atoms with E-state index in [0.717, 1.165) is 76.1 Å². The molecule has 1 aromatic carbocycles. The van der Waals surface area contributed by atoms with Crippen molar-refractivity contribution in [3.05, 3.63) is 47.7 Å². The maximum Gasteiger partial charge on any atom is 0.227 e. The number of aryl methyl sites for hydroxylation is 1. The summed E-state index contributed by atoms with van der Waals surface area (Å²) in [5.41, 5.74) is 2.50. The lowest BCUT2D eigenvalue weighted by Gasteiger charge is -2.33. The molecule has 6 nitrogen and oxygen atoms in total. The Balaban J connectivity index is 1.33. The fourth-order valence-electron chi connectivity index (χ4n) is 3.76. The van der Waals surface area contributed by atoms with Gasteiger partial charge in [0.2, 0.25) is 5.95 Å². The minimum atomic E-state index is 0.475. The Hall–Kier alpha value is -2.18. The number of ether oxygens (including phenoxy) is 1. The number of benzene rings is 1. The molecular weight excluding hydrogens is 338 g/mol. The van der Waals surface area contributed by atoms with Gasteiger partial charge in [0.25, 0.3) is 0 Å². The monoisotopic (exact) mass is 367 g/mol. The van der Waals surface area contributed by atoms with Crippen LogP contribution >= 0.6 is 0 Å². The van der Waals surface area contributed by atoms with E-state index in [-0.39, 0.29) is 0 Å². The first-order valence-corrected chi connectivity index (χ1v) is 9.97. The van der Waals surface area contributed by atoms with Gasteiger partial charge in [0.15, 0.2) is 0 Å². The highest BCUT2D eigenvalue weighted by Gasteiger charge is 2.21. The number of hydrogen-bond donors (Lipinski definition) is 1. The van der Waals surface area contributed by atoms with E-state index in [1.165, 1.54) is 5.56 Å². The number of hydrogen-bond acceptors (Lipinski definition) is 6. The molecule has 2 aliphatic heterocycles. The second-order valence-corrected chi connectivity index (χ2v) is 7.48. The molecule has 0 saturated carbocycles. The zero-order valence-electron chi connectivity index (χ0n) is 16.1. The van der Waals surface area contributed by atoms with E-state index in [1.807, 2.05) is 6.20 Å². The molecule has 1 aromatic heterocycles. The molecule has 6 heteroatoms. The number of aromatic nitrogens is 2. The Bertz CT molecular complexity index is 725. The zero-order valence-corrected chi connectivity index (χ0v) is 16.1. The maximum absolute atomic E-state index is 5.43. The van der Waals surface area contributed by atoms with Crippen molar-refractivity contribution in [2.45, 2.75) is 32.4 Å². The Kier molecular flexibility index (Phi) is 5.84. The smallest absolute Gasteiger partial charge is 0.227 e. The zero-order chi connectivity index (χ0) is 18.5. The molecule has 2 saturated heterocycles. The lowest BCUT2D eigenvalue weighted by molar-refractivity contribution is 0.122. The summed E-state index contributed by atoms with van der Waals surface area (Å²) in [6, 6.07) is 11.2. The third kappa shape index (κ3) is 4.76. The molecule has 0 atom stereocenters. The molecule has 0 amide bonds. The van der Waals surface area contributed by atoms with Gasteiger partial charge >= 0.3 is 0 Å². The van der Waals surface area contributed by atoms with Crippen LogP contribution in [-0.2, 0) is 11.3 Å². The second-order valence-electron chi connectivity index (χ2n) is 7.48. The topological polar surface area (TPSA) is 53.5 Å². The fraction of sp³-hybridized carbons (Fsp3) is 0.524. The van der Waals surface area contributed by atoms with Crippen LogP contribution in [0.25, 0.3) is 0 Å². The molecule has 2 aromatic rings. The molecule has 27 heavy (non-hydrogen) atoms. The van der Waals surface area contributed by atoms with E-state index in [0.29, 0.717) is 6.04 Å². The summed E-state index contributed by atoms with van der Waals surface area (Å²) in [6.45, 7) is 8.58. The van der Waals surface area contributed by atoms with Gasteiger partial charge in [-0.3, -0.25) is 4.90 Å². The standard InChI is InChI=1S/C21H29N5O/c1-17-15-22-21(26-11-13-27-14-12-26)24-20(17)23-19-7-9-25(10-8-19)16-18-5-3-2-4-6-18/h2-6,15,19H,7-14,16H2,1H3,(H,22,23,24). The molecule has 144 valence electrons. The first kappa shape index (κ1) is 18.2. The number of rotatable bonds is 5. The third-order valence-corrected chi connectivity index (χ3v) is 5.43. The van der Waals surface area contributed by atoms with Crippen molar-refractivity contribution in [3.63, 3.8) is 0 Å². The van der Waals surface area contributed by atoms with Gasteiger partial charge in [-0.25, -0.2) is 4.98 Å². The summed E-state index contributed by atoms with van der Waals surface area (Å²) < 4.78 is 5.43. The fourth-order valence-corrected chi connectivity index (χ4v) is 3.76. The van der Waals surface area contributed by atoms with Crippen molar-refractivity contribution in [3.8, 4) is 0 Å². The molecule has 0 aliphatic carbocycles. The minimum absolute atomic E-state index is 0.475. The summed E-state index contributed by atoms with van der Waals surface area (Å²) in [6.07, 6.45) is 4.22. The summed E-state index contributed by atoms with van der Waals surface area (Å²) >= 11 is 0. The summed E-state index contributed by atoms with van der Waals surface area (Å²) in [4.78, 5) is 14.1. The average molecular weight is 367 g/mol. The van der Waals surface area contributed by atoms with E-state index >= 15 is 0 Å². The highest BCUT2D eigenvalue weighted by molar-refractivity contribution is 5.48. The van der Waals surface area contributed by atoms with Crippen molar-refractivity contribution < 1.29 is 4.74 Å². The van der Waals surface area contributed by atoms with Crippen LogP contribution < -0.4 is 10.2 Å². The Morgan fingerprint density at radius 1 is 1.07 bits per heavy atom. The number of nitrogens with zero attached hydrogens (tertiary/aromatic N) is 4. The molecule has 2 fully saturated rings. The van der Waals surface area contributed by atoms with Gasteiger partial charge < -0.3 is 15.0 Å². The highest BCUT2D eigenvalue weighted by atomic mass is 16.5.